The number of hydrogen-bond donors (Lipinski definition) is 0. The van der Waals surface area contributed by atoms with Gasteiger partial charge in [-0.25, -0.2) is 0 Å². The zero-order valence-corrected chi connectivity index (χ0v) is 12.9. The third-order valence-corrected chi connectivity index (χ3v) is 8.68. The summed E-state index contributed by atoms with van der Waals surface area (Å²) in [5.41, 5.74) is 1.29. The van der Waals surface area contributed by atoms with Gasteiger partial charge < -0.3 is 4.43 Å². The van der Waals surface area contributed by atoms with E-state index in [9.17, 15) is 4.79 Å². The van der Waals surface area contributed by atoms with E-state index in [1.807, 2.05) is 0 Å². The Balaban J connectivity index is 2.51. The third kappa shape index (κ3) is 4.07. The molecular weight excluding hydrogens is 228 g/mol. The van der Waals surface area contributed by atoms with Crippen molar-refractivity contribution >= 4 is 14.6 Å². The second kappa shape index (κ2) is 5.49. The third-order valence-electron chi connectivity index (χ3n) is 4.15. The van der Waals surface area contributed by atoms with E-state index in [1.54, 1.807) is 6.08 Å². The van der Waals surface area contributed by atoms with Gasteiger partial charge in [0.25, 0.3) is 0 Å². The topological polar surface area (TPSA) is 26.3 Å². The van der Waals surface area contributed by atoms with Crippen molar-refractivity contribution in [1.29, 1.82) is 0 Å². The zero-order chi connectivity index (χ0) is 13.1. The SMILES string of the molecule is CC(C)(C)[Si](C)(C)OC1CCC(=CC=O)CC1. The first-order valence-electron chi connectivity index (χ1n) is 6.57. The first kappa shape index (κ1) is 14.6. The Morgan fingerprint density at radius 3 is 2.18 bits per heavy atom. The van der Waals surface area contributed by atoms with Gasteiger partial charge in [0, 0.05) is 6.10 Å². The van der Waals surface area contributed by atoms with Crippen LogP contribution in [0.3, 0.4) is 0 Å². The smallest absolute Gasteiger partial charge is 0.192 e. The average Bonchev–Trinajstić information content (AvgIpc) is 2.19. The first-order chi connectivity index (χ1) is 7.76. The fourth-order valence-electron chi connectivity index (χ4n) is 1.94. The van der Waals surface area contributed by atoms with E-state index in [2.05, 4.69) is 33.9 Å². The molecule has 0 atom stereocenters. The van der Waals surface area contributed by atoms with Gasteiger partial charge in [0.05, 0.1) is 0 Å². The van der Waals surface area contributed by atoms with E-state index in [0.717, 1.165) is 32.0 Å². The van der Waals surface area contributed by atoms with Gasteiger partial charge in [-0.15, -0.1) is 0 Å². The molecule has 2 nitrogen and oxygen atoms in total. The van der Waals surface area contributed by atoms with Crippen molar-refractivity contribution in [3.05, 3.63) is 11.6 Å². The molecule has 1 fully saturated rings. The van der Waals surface area contributed by atoms with Crippen molar-refractivity contribution in [2.24, 2.45) is 0 Å². The van der Waals surface area contributed by atoms with Gasteiger partial charge in [0.15, 0.2) is 8.32 Å². The van der Waals surface area contributed by atoms with Crippen LogP contribution in [0.5, 0.6) is 0 Å². The van der Waals surface area contributed by atoms with E-state index in [0.29, 0.717) is 6.10 Å². The van der Waals surface area contributed by atoms with E-state index in [1.165, 1.54) is 5.57 Å². The lowest BCUT2D eigenvalue weighted by atomic mass is 9.93. The van der Waals surface area contributed by atoms with Gasteiger partial charge in [-0.05, 0) is 49.9 Å². The summed E-state index contributed by atoms with van der Waals surface area (Å²) in [4.78, 5) is 10.4. The molecular formula is C14H26O2Si. The highest BCUT2D eigenvalue weighted by molar-refractivity contribution is 6.74. The quantitative estimate of drug-likeness (QED) is 0.431. The number of hydrogen-bond acceptors (Lipinski definition) is 2. The molecule has 1 aliphatic carbocycles. The maximum atomic E-state index is 10.4. The van der Waals surface area contributed by atoms with Crippen LogP contribution in [0.1, 0.15) is 46.5 Å². The van der Waals surface area contributed by atoms with Crippen molar-refractivity contribution in [1.82, 2.24) is 0 Å². The van der Waals surface area contributed by atoms with E-state index in [-0.39, 0.29) is 5.04 Å². The van der Waals surface area contributed by atoms with Crippen molar-refractivity contribution in [2.75, 3.05) is 0 Å². The van der Waals surface area contributed by atoms with Crippen molar-refractivity contribution < 1.29 is 9.22 Å². The maximum Gasteiger partial charge on any atom is 0.192 e. The molecule has 0 radical (unpaired) electrons. The molecule has 0 unspecified atom stereocenters. The van der Waals surface area contributed by atoms with Crippen LogP contribution in [0.15, 0.2) is 11.6 Å². The minimum Gasteiger partial charge on any atom is -0.414 e. The average molecular weight is 254 g/mol. The van der Waals surface area contributed by atoms with Crippen LogP contribution in [-0.4, -0.2) is 20.7 Å². The highest BCUT2D eigenvalue weighted by Gasteiger charge is 2.39. The number of aldehydes is 1. The molecule has 0 bridgehead atoms. The Morgan fingerprint density at radius 1 is 1.24 bits per heavy atom. The maximum absolute atomic E-state index is 10.4. The van der Waals surface area contributed by atoms with Crippen molar-refractivity contribution in [3.63, 3.8) is 0 Å². The second-order valence-electron chi connectivity index (χ2n) is 6.54. The van der Waals surface area contributed by atoms with Crippen LogP contribution < -0.4 is 0 Å². The van der Waals surface area contributed by atoms with Crippen LogP contribution in [0.25, 0.3) is 0 Å². The number of allylic oxidation sites excluding steroid dienone is 2. The Kier molecular flexibility index (Phi) is 4.73. The molecule has 0 aromatic heterocycles. The van der Waals surface area contributed by atoms with Gasteiger partial charge in [0.1, 0.15) is 6.29 Å². The largest absolute Gasteiger partial charge is 0.414 e. The van der Waals surface area contributed by atoms with Gasteiger partial charge in [-0.1, -0.05) is 26.3 Å². The first-order valence-corrected chi connectivity index (χ1v) is 9.48. The summed E-state index contributed by atoms with van der Waals surface area (Å²) in [6.07, 6.45) is 7.24. The summed E-state index contributed by atoms with van der Waals surface area (Å²) < 4.78 is 6.39. The lowest BCUT2D eigenvalue weighted by Crippen LogP contribution is -2.44. The number of carbonyl (C=O) groups is 1. The molecule has 0 aromatic rings. The van der Waals surface area contributed by atoms with E-state index >= 15 is 0 Å². The van der Waals surface area contributed by atoms with Gasteiger partial charge in [-0.2, -0.15) is 0 Å². The van der Waals surface area contributed by atoms with Gasteiger partial charge in [0.2, 0.25) is 0 Å². The zero-order valence-electron chi connectivity index (χ0n) is 11.9. The molecule has 1 aliphatic rings. The Morgan fingerprint density at radius 2 is 1.76 bits per heavy atom. The predicted octanol–water partition coefficient (Wildman–Crippen LogP) is 4.08. The number of rotatable bonds is 3. The Bertz CT molecular complexity index is 290. The highest BCUT2D eigenvalue weighted by Crippen LogP contribution is 2.39. The standard InChI is InChI=1S/C14H26O2Si/c1-14(2,3)17(4,5)16-13-8-6-12(7-9-13)10-11-15/h10-11,13H,6-9H2,1-5H3. The van der Waals surface area contributed by atoms with Crippen LogP contribution in [0, 0.1) is 0 Å². The van der Waals surface area contributed by atoms with Crippen LogP contribution in [0.2, 0.25) is 18.1 Å². The lowest BCUT2D eigenvalue weighted by Gasteiger charge is -2.40. The Hall–Kier alpha value is -0.413. The summed E-state index contributed by atoms with van der Waals surface area (Å²) in [6.45, 7) is 11.5. The molecule has 0 aromatic carbocycles. The normalized spacial score (nSPS) is 22.4. The molecule has 0 amide bonds. The highest BCUT2D eigenvalue weighted by atomic mass is 28.4. The van der Waals surface area contributed by atoms with Gasteiger partial charge >= 0.3 is 0 Å². The fourth-order valence-corrected chi connectivity index (χ4v) is 3.36. The molecule has 3 heteroatoms. The van der Waals surface area contributed by atoms with Crippen molar-refractivity contribution in [2.45, 2.75) is 70.7 Å². The van der Waals surface area contributed by atoms with E-state index < -0.39 is 8.32 Å². The second-order valence-corrected chi connectivity index (χ2v) is 11.3. The van der Waals surface area contributed by atoms with Crippen molar-refractivity contribution in [3.8, 4) is 0 Å². The molecule has 1 saturated carbocycles. The molecule has 0 N–H and O–H groups in total. The predicted molar refractivity (Wildman–Crippen MR) is 74.7 cm³/mol. The van der Waals surface area contributed by atoms with E-state index in [4.69, 9.17) is 4.43 Å². The van der Waals surface area contributed by atoms with Crippen LogP contribution in [0.4, 0.5) is 0 Å². The molecule has 0 heterocycles. The van der Waals surface area contributed by atoms with Crippen LogP contribution >= 0.6 is 0 Å². The molecule has 17 heavy (non-hydrogen) atoms. The fraction of sp³-hybridized carbons (Fsp3) is 0.786. The molecule has 0 spiro atoms. The molecule has 0 aliphatic heterocycles. The van der Waals surface area contributed by atoms with Crippen LogP contribution in [-0.2, 0) is 9.22 Å². The molecule has 1 rings (SSSR count). The molecule has 0 saturated heterocycles. The molecule has 98 valence electrons. The lowest BCUT2D eigenvalue weighted by molar-refractivity contribution is -0.104. The minimum atomic E-state index is -1.62. The monoisotopic (exact) mass is 254 g/mol. The summed E-state index contributed by atoms with van der Waals surface area (Å²) in [5, 5.41) is 0.284. The summed E-state index contributed by atoms with van der Waals surface area (Å²) in [5.74, 6) is 0. The summed E-state index contributed by atoms with van der Waals surface area (Å²) in [7, 11) is -1.62. The summed E-state index contributed by atoms with van der Waals surface area (Å²) in [6, 6.07) is 0. The summed E-state index contributed by atoms with van der Waals surface area (Å²) >= 11 is 0. The number of carbonyl (C=O) groups excluding carboxylic acids is 1. The minimum absolute atomic E-state index is 0.284. The van der Waals surface area contributed by atoms with Gasteiger partial charge in [-0.3, -0.25) is 4.79 Å². The Labute approximate surface area is 107 Å².